The summed E-state index contributed by atoms with van der Waals surface area (Å²) in [6, 6.07) is 0. The zero-order valence-corrected chi connectivity index (χ0v) is 10.7. The molecule has 0 spiro atoms. The first-order valence-corrected chi connectivity index (χ1v) is 5.55. The summed E-state index contributed by atoms with van der Waals surface area (Å²) >= 11 is 3.14. The van der Waals surface area contributed by atoms with E-state index >= 15 is 0 Å². The Balaban J connectivity index is 2.28. The lowest BCUT2D eigenvalue weighted by molar-refractivity contribution is 0.0686. The van der Waals surface area contributed by atoms with Gasteiger partial charge in [0.15, 0.2) is 5.69 Å². The number of aromatic nitrogens is 4. The molecule has 2 rings (SSSR count). The molecule has 1 amide bonds. The molecule has 0 bridgehead atoms. The molecule has 94 valence electrons. The number of nitrogens with one attached hydrogen (secondary N) is 2. The van der Waals surface area contributed by atoms with Gasteiger partial charge in [-0.25, -0.2) is 4.79 Å². The van der Waals surface area contributed by atoms with Gasteiger partial charge in [0.05, 0.1) is 22.6 Å². The molecule has 2 aromatic rings. The Hall–Kier alpha value is -2.16. The van der Waals surface area contributed by atoms with Gasteiger partial charge >= 0.3 is 5.97 Å². The maximum Gasteiger partial charge on any atom is 0.356 e. The first-order valence-electron chi connectivity index (χ1n) is 4.76. The maximum absolute atomic E-state index is 11.8. The van der Waals surface area contributed by atoms with E-state index in [2.05, 4.69) is 36.5 Å². The van der Waals surface area contributed by atoms with Crippen LogP contribution in [0.15, 0.2) is 16.9 Å². The van der Waals surface area contributed by atoms with Crippen molar-refractivity contribution >= 4 is 33.5 Å². The van der Waals surface area contributed by atoms with E-state index in [1.54, 1.807) is 0 Å². The highest BCUT2D eigenvalue weighted by atomic mass is 79.9. The van der Waals surface area contributed by atoms with Crippen molar-refractivity contribution in [1.29, 1.82) is 0 Å². The zero-order chi connectivity index (χ0) is 13.3. The smallest absolute Gasteiger partial charge is 0.356 e. The van der Waals surface area contributed by atoms with Crippen LogP contribution >= 0.6 is 15.9 Å². The van der Waals surface area contributed by atoms with Crippen molar-refractivity contribution in [3.05, 3.63) is 28.3 Å². The molecule has 0 aliphatic carbocycles. The molecule has 0 atom stereocenters. The third-order valence-corrected chi connectivity index (χ3v) is 2.81. The molecule has 0 radical (unpaired) electrons. The third kappa shape index (κ3) is 2.12. The summed E-state index contributed by atoms with van der Waals surface area (Å²) in [6.07, 6.45) is 2.70. The summed E-state index contributed by atoms with van der Waals surface area (Å²) in [4.78, 5) is 22.8. The van der Waals surface area contributed by atoms with Crippen molar-refractivity contribution in [3.63, 3.8) is 0 Å². The summed E-state index contributed by atoms with van der Waals surface area (Å²) in [5.74, 6) is -1.68. The average molecular weight is 314 g/mol. The molecule has 18 heavy (non-hydrogen) atoms. The fourth-order valence-electron chi connectivity index (χ4n) is 1.40. The van der Waals surface area contributed by atoms with Crippen LogP contribution in [0.3, 0.4) is 0 Å². The van der Waals surface area contributed by atoms with E-state index in [0.717, 1.165) is 0 Å². The minimum atomic E-state index is -1.17. The second kappa shape index (κ2) is 4.61. The summed E-state index contributed by atoms with van der Waals surface area (Å²) in [5.41, 5.74) is 0.227. The highest BCUT2D eigenvalue weighted by molar-refractivity contribution is 9.10. The number of carbonyl (C=O) groups is 2. The van der Waals surface area contributed by atoms with Gasteiger partial charge < -0.3 is 10.4 Å². The summed E-state index contributed by atoms with van der Waals surface area (Å²) in [7, 11) is 1.48. The molecule has 9 heteroatoms. The molecule has 3 N–H and O–H groups in total. The predicted molar refractivity (Wildman–Crippen MR) is 64.4 cm³/mol. The van der Waals surface area contributed by atoms with Crippen LogP contribution in [-0.4, -0.2) is 37.0 Å². The van der Waals surface area contributed by atoms with E-state index in [9.17, 15) is 9.59 Å². The largest absolute Gasteiger partial charge is 0.476 e. The van der Waals surface area contributed by atoms with Crippen molar-refractivity contribution in [2.45, 2.75) is 0 Å². The van der Waals surface area contributed by atoms with Gasteiger partial charge in [-0.2, -0.15) is 10.2 Å². The number of nitrogens with zero attached hydrogens (tertiary/aromatic N) is 3. The quantitative estimate of drug-likeness (QED) is 0.777. The minimum absolute atomic E-state index is 0.0982. The Morgan fingerprint density at radius 3 is 2.78 bits per heavy atom. The van der Waals surface area contributed by atoms with E-state index in [4.69, 9.17) is 5.11 Å². The number of aromatic carboxylic acids is 1. The lowest BCUT2D eigenvalue weighted by Gasteiger charge is -2.03. The first kappa shape index (κ1) is 12.3. The topological polar surface area (TPSA) is 113 Å². The molecule has 0 aliphatic heterocycles. The molecule has 0 fully saturated rings. The minimum Gasteiger partial charge on any atom is -0.476 e. The summed E-state index contributed by atoms with van der Waals surface area (Å²) in [5, 5.41) is 21.4. The fraction of sp³-hybridized carbons (Fsp3) is 0.111. The van der Waals surface area contributed by atoms with Gasteiger partial charge in [0, 0.05) is 7.05 Å². The highest BCUT2D eigenvalue weighted by Gasteiger charge is 2.19. The highest BCUT2D eigenvalue weighted by Crippen LogP contribution is 2.18. The number of carboxylic acids is 1. The third-order valence-electron chi connectivity index (χ3n) is 2.21. The number of carboxylic acid groups (broad SMARTS) is 1. The van der Waals surface area contributed by atoms with Gasteiger partial charge in [0.1, 0.15) is 5.69 Å². The molecule has 8 nitrogen and oxygen atoms in total. The number of H-pyrrole nitrogens is 1. The van der Waals surface area contributed by atoms with Crippen LogP contribution in [0.4, 0.5) is 5.69 Å². The van der Waals surface area contributed by atoms with Gasteiger partial charge in [0.2, 0.25) is 0 Å². The van der Waals surface area contributed by atoms with Gasteiger partial charge in [-0.3, -0.25) is 14.6 Å². The van der Waals surface area contributed by atoms with Gasteiger partial charge in [-0.15, -0.1) is 0 Å². The van der Waals surface area contributed by atoms with Crippen molar-refractivity contribution in [2.75, 3.05) is 5.32 Å². The Bertz CT molecular complexity index is 618. The Kier molecular flexibility index (Phi) is 3.15. The van der Waals surface area contributed by atoms with E-state index in [0.29, 0.717) is 4.47 Å². The summed E-state index contributed by atoms with van der Waals surface area (Å²) in [6.45, 7) is 0. The standard InChI is InChI=1S/C9H8BrN5O3/c1-15-7(9(17)18)5(3-12-15)13-8(16)6-4(10)2-11-14-6/h2-3H,1H3,(H,11,14)(H,13,16)(H,17,18). The predicted octanol–water partition coefficient (Wildman–Crippen LogP) is 0.856. The van der Waals surface area contributed by atoms with E-state index in [1.807, 2.05) is 0 Å². The van der Waals surface area contributed by atoms with Crippen molar-refractivity contribution in [2.24, 2.45) is 7.05 Å². The lowest BCUT2D eigenvalue weighted by atomic mass is 10.3. The average Bonchev–Trinajstić information content (AvgIpc) is 2.85. The number of rotatable bonds is 3. The van der Waals surface area contributed by atoms with Crippen molar-refractivity contribution in [3.8, 4) is 0 Å². The second-order valence-corrected chi connectivity index (χ2v) is 4.24. The first-order chi connectivity index (χ1) is 8.50. The van der Waals surface area contributed by atoms with E-state index < -0.39 is 11.9 Å². The Labute approximate surface area is 109 Å². The molecule has 0 aromatic carbocycles. The molecule has 2 aromatic heterocycles. The lowest BCUT2D eigenvalue weighted by Crippen LogP contribution is -2.16. The van der Waals surface area contributed by atoms with Crippen LogP contribution < -0.4 is 5.32 Å². The number of carbonyl (C=O) groups excluding carboxylic acids is 1. The number of hydrogen-bond acceptors (Lipinski definition) is 4. The van der Waals surface area contributed by atoms with E-state index in [-0.39, 0.29) is 17.1 Å². The van der Waals surface area contributed by atoms with Crippen LogP contribution in [0.25, 0.3) is 0 Å². The molecule has 2 heterocycles. The molecule has 0 saturated heterocycles. The van der Waals surface area contributed by atoms with Crippen LogP contribution in [0.1, 0.15) is 21.0 Å². The SMILES string of the molecule is Cn1ncc(NC(=O)c2[nH]ncc2Br)c1C(=O)O. The van der Waals surface area contributed by atoms with Crippen LogP contribution in [0.5, 0.6) is 0 Å². The number of hydrogen-bond donors (Lipinski definition) is 3. The van der Waals surface area contributed by atoms with Crippen molar-refractivity contribution in [1.82, 2.24) is 20.0 Å². The van der Waals surface area contributed by atoms with Gasteiger partial charge in [0.25, 0.3) is 5.91 Å². The molecular weight excluding hydrogens is 306 g/mol. The van der Waals surface area contributed by atoms with E-state index in [1.165, 1.54) is 24.1 Å². The van der Waals surface area contributed by atoms with Crippen molar-refractivity contribution < 1.29 is 14.7 Å². The number of amides is 1. The number of aryl methyl sites for hydroxylation is 1. The van der Waals surface area contributed by atoms with Gasteiger partial charge in [-0.1, -0.05) is 0 Å². The number of aromatic amines is 1. The van der Waals surface area contributed by atoms with Crippen LogP contribution in [0, 0.1) is 0 Å². The monoisotopic (exact) mass is 313 g/mol. The maximum atomic E-state index is 11.8. The van der Waals surface area contributed by atoms with Crippen LogP contribution in [-0.2, 0) is 7.05 Å². The molecule has 0 saturated carbocycles. The Morgan fingerprint density at radius 1 is 1.50 bits per heavy atom. The fourth-order valence-corrected chi connectivity index (χ4v) is 1.77. The Morgan fingerprint density at radius 2 is 2.22 bits per heavy atom. The zero-order valence-electron chi connectivity index (χ0n) is 9.14. The normalized spacial score (nSPS) is 10.3. The van der Waals surface area contributed by atoms with Crippen LogP contribution in [0.2, 0.25) is 0 Å². The number of anilines is 1. The second-order valence-electron chi connectivity index (χ2n) is 3.38. The summed E-state index contributed by atoms with van der Waals surface area (Å²) < 4.78 is 1.65. The molecule has 0 aliphatic rings. The molecule has 0 unspecified atom stereocenters. The molecular formula is C9H8BrN5O3. The van der Waals surface area contributed by atoms with Gasteiger partial charge in [-0.05, 0) is 15.9 Å². The number of halogens is 1.